The third kappa shape index (κ3) is 47.7. The fourth-order valence-corrected chi connectivity index (χ4v) is 7.68. The van der Waals surface area contributed by atoms with Crippen LogP contribution in [0.4, 0.5) is 0 Å². The number of quaternary nitrogens is 1. The first-order valence-corrected chi connectivity index (χ1v) is 27.0. The smallest absolute Gasteiger partial charge is 0.462 e. The van der Waals surface area contributed by atoms with Gasteiger partial charge in [-0.3, -0.25) is 18.6 Å². The number of phosphoric acid groups is 1. The number of ether oxygens (including phenoxy) is 2. The van der Waals surface area contributed by atoms with Gasteiger partial charge < -0.3 is 24.0 Å². The monoisotopic (exact) mass is 911 g/mol. The van der Waals surface area contributed by atoms with E-state index in [-0.39, 0.29) is 26.1 Å². The number of hydrogen-bond acceptors (Lipinski definition) is 8. The van der Waals surface area contributed by atoms with Crippen molar-refractivity contribution in [1.82, 2.24) is 0 Å². The topological polar surface area (TPSA) is 129 Å². The van der Waals surface area contributed by atoms with Crippen molar-refractivity contribution in [2.45, 2.75) is 225 Å². The summed E-state index contributed by atoms with van der Waals surface area (Å²) in [5.74, 6) is -0.994. The van der Waals surface area contributed by atoms with E-state index in [2.05, 4.69) is 38.2 Å². The first kappa shape index (κ1) is 60.9. The summed E-state index contributed by atoms with van der Waals surface area (Å²) in [4.78, 5) is 35.5. The van der Waals surface area contributed by atoms with E-state index in [9.17, 15) is 24.2 Å². The second-order valence-corrected chi connectivity index (χ2v) is 19.9. The number of allylic oxidation sites excluding steroid dienone is 7. The van der Waals surface area contributed by atoms with Crippen LogP contribution in [0.15, 0.2) is 48.6 Å². The summed E-state index contributed by atoms with van der Waals surface area (Å²) in [7, 11) is 1.38. The van der Waals surface area contributed by atoms with Gasteiger partial charge in [0.1, 0.15) is 19.8 Å². The summed E-state index contributed by atoms with van der Waals surface area (Å²) < 4.78 is 34.3. The molecule has 11 heteroatoms. The van der Waals surface area contributed by atoms with Crippen LogP contribution in [0.3, 0.4) is 0 Å². The van der Waals surface area contributed by atoms with Crippen molar-refractivity contribution in [1.29, 1.82) is 0 Å². The van der Waals surface area contributed by atoms with Crippen LogP contribution in [0.25, 0.3) is 0 Å². The fraction of sp³-hybridized carbons (Fsp3) is 0.808. The lowest BCUT2D eigenvalue weighted by atomic mass is 10.0. The molecule has 0 fully saturated rings. The number of rotatable bonds is 46. The summed E-state index contributed by atoms with van der Waals surface area (Å²) in [5.41, 5.74) is 0. The number of nitrogens with zero attached hydrogens (tertiary/aromatic N) is 1. The lowest BCUT2D eigenvalue weighted by molar-refractivity contribution is -0.870. The van der Waals surface area contributed by atoms with E-state index in [4.69, 9.17) is 18.5 Å². The Hall–Kier alpha value is -2.07. The van der Waals surface area contributed by atoms with E-state index in [1.807, 2.05) is 33.3 Å². The third-order valence-electron chi connectivity index (χ3n) is 11.0. The van der Waals surface area contributed by atoms with Gasteiger partial charge in [-0.15, -0.1) is 0 Å². The summed E-state index contributed by atoms with van der Waals surface area (Å²) in [6.07, 6.45) is 49.1. The largest absolute Gasteiger partial charge is 0.472 e. The van der Waals surface area contributed by atoms with E-state index in [0.717, 1.165) is 38.5 Å². The van der Waals surface area contributed by atoms with Crippen LogP contribution in [-0.4, -0.2) is 86.1 Å². The number of esters is 2. The average molecular weight is 911 g/mol. The van der Waals surface area contributed by atoms with Crippen LogP contribution in [0.1, 0.15) is 213 Å². The van der Waals surface area contributed by atoms with Crippen molar-refractivity contribution in [3.05, 3.63) is 48.6 Å². The molecular formula is C52H97NO9P+. The van der Waals surface area contributed by atoms with E-state index in [1.165, 1.54) is 128 Å². The minimum Gasteiger partial charge on any atom is -0.462 e. The number of aliphatic hydroxyl groups excluding tert-OH is 1. The highest BCUT2D eigenvalue weighted by Gasteiger charge is 2.27. The molecule has 0 saturated heterocycles. The Labute approximate surface area is 386 Å². The normalized spacial score (nSPS) is 14.3. The summed E-state index contributed by atoms with van der Waals surface area (Å²) >= 11 is 0. The molecule has 0 bridgehead atoms. The SMILES string of the molecule is CCCCC/C=C\C/C=C\C/C=C\C=C\[C@@H](O)CCCC(=O)OC[C@H](COP(=O)(O)OCC[N+](C)(C)C)OC(=O)CCCCCCCCCCCCCCCCCCCCCCC. The Bertz CT molecular complexity index is 1230. The van der Waals surface area contributed by atoms with E-state index < -0.39 is 38.6 Å². The van der Waals surface area contributed by atoms with Crippen molar-refractivity contribution in [2.24, 2.45) is 0 Å². The predicted octanol–water partition coefficient (Wildman–Crippen LogP) is 14.0. The molecule has 0 spiro atoms. The summed E-state index contributed by atoms with van der Waals surface area (Å²) in [5, 5.41) is 10.3. The molecule has 1 unspecified atom stereocenters. The molecule has 10 nitrogen and oxygen atoms in total. The number of likely N-dealkylation sites (N-methyl/N-ethyl adjacent to an activating group) is 1. The Morgan fingerprint density at radius 1 is 0.571 bits per heavy atom. The molecular weight excluding hydrogens is 814 g/mol. The average Bonchev–Trinajstić information content (AvgIpc) is 3.23. The van der Waals surface area contributed by atoms with Gasteiger partial charge in [-0.05, 0) is 44.9 Å². The molecule has 0 aliphatic rings. The van der Waals surface area contributed by atoms with Gasteiger partial charge in [-0.1, -0.05) is 204 Å². The zero-order valence-corrected chi connectivity index (χ0v) is 42.1. The molecule has 0 aromatic carbocycles. The van der Waals surface area contributed by atoms with Crippen LogP contribution in [0, 0.1) is 0 Å². The van der Waals surface area contributed by atoms with Gasteiger partial charge in [0.05, 0.1) is 33.9 Å². The third-order valence-corrected chi connectivity index (χ3v) is 12.0. The van der Waals surface area contributed by atoms with Crippen molar-refractivity contribution in [2.75, 3.05) is 47.5 Å². The zero-order valence-electron chi connectivity index (χ0n) is 41.2. The van der Waals surface area contributed by atoms with Gasteiger partial charge in [0.15, 0.2) is 6.10 Å². The number of carbonyl (C=O) groups excluding carboxylic acids is 2. The van der Waals surface area contributed by atoms with Gasteiger partial charge in [0, 0.05) is 12.8 Å². The van der Waals surface area contributed by atoms with Gasteiger partial charge in [-0.25, -0.2) is 4.57 Å². The van der Waals surface area contributed by atoms with E-state index >= 15 is 0 Å². The maximum Gasteiger partial charge on any atom is 0.472 e. The Balaban J connectivity index is 4.39. The molecule has 63 heavy (non-hydrogen) atoms. The molecule has 0 radical (unpaired) electrons. The van der Waals surface area contributed by atoms with E-state index in [0.29, 0.717) is 30.3 Å². The van der Waals surface area contributed by atoms with Gasteiger partial charge in [-0.2, -0.15) is 0 Å². The number of hydrogen-bond donors (Lipinski definition) is 2. The highest BCUT2D eigenvalue weighted by atomic mass is 31.2. The highest BCUT2D eigenvalue weighted by Crippen LogP contribution is 2.43. The molecule has 0 amide bonds. The molecule has 368 valence electrons. The number of phosphoric ester groups is 1. The highest BCUT2D eigenvalue weighted by molar-refractivity contribution is 7.47. The van der Waals surface area contributed by atoms with Crippen LogP contribution in [0.2, 0.25) is 0 Å². The Morgan fingerprint density at radius 3 is 1.59 bits per heavy atom. The van der Waals surface area contributed by atoms with Crippen LogP contribution < -0.4 is 0 Å². The van der Waals surface area contributed by atoms with Crippen LogP contribution in [-0.2, 0) is 32.7 Å². The molecule has 2 N–H and O–H groups in total. The van der Waals surface area contributed by atoms with Gasteiger partial charge >= 0.3 is 19.8 Å². The molecule has 0 aromatic rings. The maximum atomic E-state index is 12.8. The minimum absolute atomic E-state index is 0.00221. The minimum atomic E-state index is -4.42. The zero-order chi connectivity index (χ0) is 46.5. The van der Waals surface area contributed by atoms with E-state index in [1.54, 1.807) is 12.2 Å². The van der Waals surface area contributed by atoms with Crippen molar-refractivity contribution < 1.29 is 47.2 Å². The number of unbranched alkanes of at least 4 members (excludes halogenated alkanes) is 23. The quantitative estimate of drug-likeness (QED) is 0.0153. The van der Waals surface area contributed by atoms with Crippen molar-refractivity contribution >= 4 is 19.8 Å². The standard InChI is InChI=1S/C52H96NO9P/c1-6-8-10-12-14-16-18-20-21-22-23-24-25-26-27-29-31-33-35-37-39-43-52(56)62-50(48-61-63(57,58)60-46-45-53(3,4)5)47-59-51(55)44-40-42-49(54)41-38-36-34-32-30-28-19-17-15-13-11-9-7-2/h15,17,28,30,34,36,38,41,49-50,54H,6-14,16,18-27,29,31-33,35,37,39-40,42-48H2,1-5H3/p+1/b17-15-,30-28-,36-34-,41-38+/t49-,50-/m1/s1. The molecule has 0 rings (SSSR count). The van der Waals surface area contributed by atoms with Gasteiger partial charge in [0.2, 0.25) is 0 Å². The van der Waals surface area contributed by atoms with Crippen LogP contribution >= 0.6 is 7.82 Å². The van der Waals surface area contributed by atoms with Gasteiger partial charge in [0.25, 0.3) is 0 Å². The second-order valence-electron chi connectivity index (χ2n) is 18.4. The molecule has 3 atom stereocenters. The lowest BCUT2D eigenvalue weighted by Crippen LogP contribution is -2.37. The second kappa shape index (κ2) is 43.8. The maximum absolute atomic E-state index is 12.8. The summed E-state index contributed by atoms with van der Waals surface area (Å²) in [6.45, 7) is 4.20. The first-order valence-electron chi connectivity index (χ1n) is 25.5. The van der Waals surface area contributed by atoms with Crippen molar-refractivity contribution in [3.8, 4) is 0 Å². The number of carbonyl (C=O) groups is 2. The fourth-order valence-electron chi connectivity index (χ4n) is 6.94. The van der Waals surface area contributed by atoms with Crippen molar-refractivity contribution in [3.63, 3.8) is 0 Å². The molecule has 0 aliphatic carbocycles. The lowest BCUT2D eigenvalue weighted by Gasteiger charge is -2.24. The Kier molecular flexibility index (Phi) is 42.4. The summed E-state index contributed by atoms with van der Waals surface area (Å²) in [6, 6.07) is 0. The molecule has 0 aromatic heterocycles. The van der Waals surface area contributed by atoms with Crippen LogP contribution in [0.5, 0.6) is 0 Å². The molecule has 0 saturated carbocycles. The number of aliphatic hydroxyl groups is 1. The molecule has 0 heterocycles. The molecule has 0 aliphatic heterocycles. The Morgan fingerprint density at radius 2 is 1.05 bits per heavy atom. The first-order chi connectivity index (χ1) is 30.4. The predicted molar refractivity (Wildman–Crippen MR) is 263 cm³/mol.